The van der Waals surface area contributed by atoms with Gasteiger partial charge in [0.25, 0.3) is 0 Å². The first-order valence-electron chi connectivity index (χ1n) is 2.53. The predicted molar refractivity (Wildman–Crippen MR) is 33.5 cm³/mol. The van der Waals surface area contributed by atoms with Crippen molar-refractivity contribution in [1.29, 1.82) is 0 Å². The van der Waals surface area contributed by atoms with Crippen molar-refractivity contribution in [3.05, 3.63) is 0 Å². The van der Waals surface area contributed by atoms with Crippen molar-refractivity contribution in [3.8, 4) is 0 Å². The van der Waals surface area contributed by atoms with Crippen LogP contribution in [0, 0.1) is 0 Å². The largest absolute Gasteiger partial charge is 0.222 e. The second-order valence-corrected chi connectivity index (χ2v) is 3.18. The Morgan fingerprint density at radius 3 is 1.83 bits per heavy atom. The van der Waals surface area contributed by atoms with Crippen LogP contribution in [-0.4, -0.2) is 5.54 Å². The molecule has 0 atom stereocenters. The van der Waals surface area contributed by atoms with E-state index in [1.165, 1.54) is 25.5 Å². The first-order valence-corrected chi connectivity index (χ1v) is 3.45. The molecule has 0 aromatic rings. The highest BCUT2D eigenvalue weighted by Crippen LogP contribution is 2.22. The molecule has 2 heteroatoms. The SMILES string of the molecule is BrB1CCCC1. The molecule has 6 heavy (non-hydrogen) atoms. The van der Waals surface area contributed by atoms with E-state index in [0.29, 0.717) is 0 Å². The summed E-state index contributed by atoms with van der Waals surface area (Å²) in [7, 11) is 0. The van der Waals surface area contributed by atoms with Crippen LogP contribution in [0.1, 0.15) is 12.8 Å². The van der Waals surface area contributed by atoms with Gasteiger partial charge in [-0.1, -0.05) is 25.5 Å². The lowest BCUT2D eigenvalue weighted by Gasteiger charge is -1.82. The molecule has 1 fully saturated rings. The number of hydrogen-bond acceptors (Lipinski definition) is 0. The summed E-state index contributed by atoms with van der Waals surface area (Å²) in [6.07, 6.45) is 5.69. The fraction of sp³-hybridized carbons (Fsp3) is 1.00. The molecular formula is C4H8BBr. The third-order valence-electron chi connectivity index (χ3n) is 1.28. The summed E-state index contributed by atoms with van der Waals surface area (Å²) in [5, 5.41) is 0. The number of halogens is 1. The highest BCUT2D eigenvalue weighted by atomic mass is 79.9. The molecule has 0 aliphatic carbocycles. The highest BCUT2D eigenvalue weighted by Gasteiger charge is 2.14. The van der Waals surface area contributed by atoms with Crippen LogP contribution >= 0.6 is 15.8 Å². The molecule has 0 spiro atoms. The lowest BCUT2D eigenvalue weighted by atomic mass is 9.77. The first-order chi connectivity index (χ1) is 2.89. The Morgan fingerprint density at radius 1 is 1.17 bits per heavy atom. The Bertz CT molecular complexity index is 40.8. The molecule has 0 saturated carbocycles. The van der Waals surface area contributed by atoms with Crippen LogP contribution in [0.2, 0.25) is 12.6 Å². The van der Waals surface area contributed by atoms with Crippen molar-refractivity contribution >= 4 is 21.3 Å². The van der Waals surface area contributed by atoms with Crippen molar-refractivity contribution < 1.29 is 0 Å². The maximum absolute atomic E-state index is 3.54. The van der Waals surface area contributed by atoms with E-state index in [-0.39, 0.29) is 0 Å². The Balaban J connectivity index is 2.18. The van der Waals surface area contributed by atoms with Crippen LogP contribution in [0.3, 0.4) is 0 Å². The van der Waals surface area contributed by atoms with Crippen LogP contribution in [0.15, 0.2) is 0 Å². The van der Waals surface area contributed by atoms with Gasteiger partial charge >= 0.3 is 0 Å². The van der Waals surface area contributed by atoms with Gasteiger partial charge in [-0.3, -0.25) is 0 Å². The van der Waals surface area contributed by atoms with E-state index in [0.717, 1.165) is 5.54 Å². The summed E-state index contributed by atoms with van der Waals surface area (Å²) in [5.41, 5.74) is 0.859. The summed E-state index contributed by atoms with van der Waals surface area (Å²) in [5.74, 6) is 0. The molecule has 0 unspecified atom stereocenters. The molecule has 1 aliphatic rings. The lowest BCUT2D eigenvalue weighted by molar-refractivity contribution is 0.935. The van der Waals surface area contributed by atoms with Crippen LogP contribution in [0.4, 0.5) is 0 Å². The minimum Gasteiger partial charge on any atom is -0.157 e. The van der Waals surface area contributed by atoms with Crippen LogP contribution in [0.5, 0.6) is 0 Å². The molecule has 0 amide bonds. The summed E-state index contributed by atoms with van der Waals surface area (Å²) in [6, 6.07) is 0. The molecule has 0 aromatic heterocycles. The molecular weight excluding hydrogens is 139 g/mol. The van der Waals surface area contributed by atoms with Crippen molar-refractivity contribution in [3.63, 3.8) is 0 Å². The zero-order valence-electron chi connectivity index (χ0n) is 3.78. The fourth-order valence-corrected chi connectivity index (χ4v) is 1.52. The van der Waals surface area contributed by atoms with Gasteiger partial charge in [-0.15, -0.1) is 0 Å². The van der Waals surface area contributed by atoms with Crippen molar-refractivity contribution in [2.75, 3.05) is 0 Å². The Labute approximate surface area is 47.4 Å². The van der Waals surface area contributed by atoms with Gasteiger partial charge in [0.2, 0.25) is 5.54 Å². The third kappa shape index (κ3) is 1.00. The van der Waals surface area contributed by atoms with Gasteiger partial charge in [0, 0.05) is 0 Å². The summed E-state index contributed by atoms with van der Waals surface area (Å²) >= 11 is 3.54. The smallest absolute Gasteiger partial charge is 0.157 e. The molecule has 0 bridgehead atoms. The normalized spacial score (nSPS) is 22.5. The molecule has 34 valence electrons. The van der Waals surface area contributed by atoms with E-state index in [9.17, 15) is 0 Å². The maximum atomic E-state index is 3.54. The molecule has 0 nitrogen and oxygen atoms in total. The molecule has 1 rings (SSSR count). The lowest BCUT2D eigenvalue weighted by Crippen LogP contribution is -1.88. The minimum atomic E-state index is 0.859. The Kier molecular flexibility index (Phi) is 1.58. The summed E-state index contributed by atoms with van der Waals surface area (Å²) < 4.78 is 0. The van der Waals surface area contributed by atoms with Crippen LogP contribution in [-0.2, 0) is 0 Å². The molecule has 0 N–H and O–H groups in total. The summed E-state index contributed by atoms with van der Waals surface area (Å²) in [4.78, 5) is 0. The molecule has 1 heterocycles. The zero-order chi connectivity index (χ0) is 4.41. The second kappa shape index (κ2) is 2.01. The molecule has 0 aromatic carbocycles. The standard InChI is InChI=1S/C4H8BBr/c6-5-3-1-2-4-5/h1-4H2. The van der Waals surface area contributed by atoms with Gasteiger partial charge < -0.3 is 0 Å². The monoisotopic (exact) mass is 146 g/mol. The predicted octanol–water partition coefficient (Wildman–Crippen LogP) is 2.17. The van der Waals surface area contributed by atoms with Gasteiger partial charge in [-0.2, -0.15) is 15.8 Å². The Morgan fingerprint density at radius 2 is 1.67 bits per heavy atom. The average molecular weight is 147 g/mol. The number of hydrogen-bond donors (Lipinski definition) is 0. The van der Waals surface area contributed by atoms with E-state index < -0.39 is 0 Å². The van der Waals surface area contributed by atoms with Gasteiger partial charge in [-0.05, 0) is 0 Å². The molecule has 0 radical (unpaired) electrons. The number of rotatable bonds is 0. The minimum absolute atomic E-state index is 0.859. The third-order valence-corrected chi connectivity index (χ3v) is 2.20. The zero-order valence-corrected chi connectivity index (χ0v) is 5.37. The van der Waals surface area contributed by atoms with Crippen molar-refractivity contribution in [1.82, 2.24) is 0 Å². The molecule has 1 aliphatic heterocycles. The van der Waals surface area contributed by atoms with Gasteiger partial charge in [-0.25, -0.2) is 0 Å². The fourth-order valence-electron chi connectivity index (χ4n) is 0.876. The van der Waals surface area contributed by atoms with Crippen LogP contribution < -0.4 is 0 Å². The van der Waals surface area contributed by atoms with Crippen molar-refractivity contribution in [2.45, 2.75) is 25.5 Å². The molecule has 1 saturated heterocycles. The van der Waals surface area contributed by atoms with Crippen LogP contribution in [0.25, 0.3) is 0 Å². The average Bonchev–Trinajstić information content (AvgIpc) is 1.86. The van der Waals surface area contributed by atoms with Gasteiger partial charge in [0.1, 0.15) is 0 Å². The van der Waals surface area contributed by atoms with E-state index >= 15 is 0 Å². The highest BCUT2D eigenvalue weighted by molar-refractivity contribution is 9.24. The quantitative estimate of drug-likeness (QED) is 0.460. The topological polar surface area (TPSA) is 0 Å². The van der Waals surface area contributed by atoms with Gasteiger partial charge in [0.05, 0.1) is 0 Å². The van der Waals surface area contributed by atoms with E-state index in [1.807, 2.05) is 0 Å². The summed E-state index contributed by atoms with van der Waals surface area (Å²) in [6.45, 7) is 0. The van der Waals surface area contributed by atoms with E-state index in [4.69, 9.17) is 0 Å². The Hall–Kier alpha value is 0.545. The maximum Gasteiger partial charge on any atom is 0.222 e. The van der Waals surface area contributed by atoms with Gasteiger partial charge in [0.15, 0.2) is 0 Å². The van der Waals surface area contributed by atoms with Crippen molar-refractivity contribution in [2.24, 2.45) is 0 Å². The van der Waals surface area contributed by atoms with E-state index in [2.05, 4.69) is 15.8 Å². The first kappa shape index (κ1) is 4.70. The second-order valence-electron chi connectivity index (χ2n) is 1.88. The van der Waals surface area contributed by atoms with E-state index in [1.54, 1.807) is 0 Å².